The van der Waals surface area contributed by atoms with Gasteiger partial charge < -0.3 is 35.4 Å². The summed E-state index contributed by atoms with van der Waals surface area (Å²) in [6.07, 6.45) is 0.446. The molecule has 3 aromatic rings. The predicted molar refractivity (Wildman–Crippen MR) is 208 cm³/mol. The van der Waals surface area contributed by atoms with E-state index in [1.54, 1.807) is 19.1 Å². The maximum Gasteiger partial charge on any atom is 0.251 e. The number of aliphatic hydroxyl groups excluding tert-OH is 4. The summed E-state index contributed by atoms with van der Waals surface area (Å²) in [5.41, 5.74) is 6.97. The fourth-order valence-electron chi connectivity index (χ4n) is 9.55. The zero-order valence-corrected chi connectivity index (χ0v) is 32.4. The van der Waals surface area contributed by atoms with Crippen molar-refractivity contribution >= 4 is 11.6 Å². The van der Waals surface area contributed by atoms with Crippen molar-refractivity contribution in [2.45, 2.75) is 89.7 Å². The smallest absolute Gasteiger partial charge is 0.251 e. The van der Waals surface area contributed by atoms with Gasteiger partial charge in [-0.2, -0.15) is 5.06 Å². The standard InChI is InChI=1S/C43H56N4O7/c1-23-33-19-29(43(33,3)4)20-34(23)44-42(52)38-37(24(2)49)36(22-48)54-47(38)21-26-12-10-14-32(40(26)53-7)27-15-28(17-30(16-27)46(5)6)41(51)45-35-18-25-11-8-9-13-31(25)39(35)50/h8-17,20,23-24,33-39,42,44,48-50,52H,18-19,21-22H2,1-7H3,(H,45,51)/t23-,24-,33-,34?,35+,36-,37-,38-,39-,42?/m0/s1. The van der Waals surface area contributed by atoms with Crippen molar-refractivity contribution in [3.8, 4) is 16.9 Å². The highest BCUT2D eigenvalue weighted by molar-refractivity contribution is 5.97. The minimum atomic E-state index is -1.07. The molecule has 0 spiro atoms. The monoisotopic (exact) mass is 740 g/mol. The van der Waals surface area contributed by atoms with Crippen molar-refractivity contribution in [2.75, 3.05) is 32.7 Å². The second-order valence-electron chi connectivity index (χ2n) is 16.5. The summed E-state index contributed by atoms with van der Waals surface area (Å²) >= 11 is 0. The SMILES string of the molecule is COc1c(CN2O[C@@H](CO)[C@H]([C@H](C)O)[C@H]2C(O)NC2C=C3C[C@@H]([C@@H]2C)C3(C)C)cccc1-c1cc(C(=O)N[C@@H]2Cc3ccccc3[C@@H]2O)cc(N(C)C)c1. The molecule has 2 unspecified atom stereocenters. The molecule has 290 valence electrons. The highest BCUT2D eigenvalue weighted by Gasteiger charge is 2.53. The van der Waals surface area contributed by atoms with Crippen LogP contribution in [-0.2, 0) is 17.8 Å². The van der Waals surface area contributed by atoms with Crippen molar-refractivity contribution < 1.29 is 34.8 Å². The number of fused-ring (bicyclic) bond motifs is 3. The van der Waals surface area contributed by atoms with Crippen LogP contribution < -0.4 is 20.3 Å². The Morgan fingerprint density at radius 3 is 2.50 bits per heavy atom. The molecule has 2 fully saturated rings. The molecule has 1 saturated heterocycles. The van der Waals surface area contributed by atoms with Gasteiger partial charge in [0.15, 0.2) is 0 Å². The van der Waals surface area contributed by atoms with Gasteiger partial charge in [0.2, 0.25) is 0 Å². The molecule has 1 amide bonds. The Balaban J connectivity index is 1.17. The Labute approximate surface area is 318 Å². The number of methoxy groups -OCH3 is 1. The normalized spacial score (nSPS) is 29.5. The van der Waals surface area contributed by atoms with E-state index in [0.717, 1.165) is 39.9 Å². The number of hydroxylamine groups is 2. The summed E-state index contributed by atoms with van der Waals surface area (Å²) in [5, 5.41) is 52.4. The minimum Gasteiger partial charge on any atom is -0.496 e. The highest BCUT2D eigenvalue weighted by atomic mass is 16.7. The third-order valence-electron chi connectivity index (χ3n) is 12.8. The van der Waals surface area contributed by atoms with E-state index < -0.39 is 42.5 Å². The molecule has 6 N–H and O–H groups in total. The Morgan fingerprint density at radius 2 is 1.85 bits per heavy atom. The average Bonchev–Trinajstić information content (AvgIpc) is 3.68. The van der Waals surface area contributed by atoms with E-state index in [0.29, 0.717) is 29.6 Å². The molecule has 3 aromatic carbocycles. The van der Waals surface area contributed by atoms with Gasteiger partial charge in [-0.1, -0.05) is 74.9 Å². The first kappa shape index (κ1) is 38.5. The first-order chi connectivity index (χ1) is 25.7. The van der Waals surface area contributed by atoms with Crippen LogP contribution in [0.5, 0.6) is 5.75 Å². The van der Waals surface area contributed by atoms with Crippen LogP contribution in [0, 0.1) is 23.2 Å². The van der Waals surface area contributed by atoms with E-state index in [-0.39, 0.29) is 30.5 Å². The number of amides is 1. The van der Waals surface area contributed by atoms with E-state index in [1.165, 1.54) is 5.57 Å². The molecule has 8 rings (SSSR count). The second-order valence-corrected chi connectivity index (χ2v) is 16.5. The molecular formula is C43H56N4O7. The zero-order chi connectivity index (χ0) is 38.6. The fraction of sp³-hybridized carbons (Fsp3) is 0.512. The molecule has 1 heterocycles. The lowest BCUT2D eigenvalue weighted by Crippen LogP contribution is -2.59. The first-order valence-electron chi connectivity index (χ1n) is 19.2. The van der Waals surface area contributed by atoms with Gasteiger partial charge in [0.1, 0.15) is 18.1 Å². The van der Waals surface area contributed by atoms with Gasteiger partial charge >= 0.3 is 0 Å². The molecular weight excluding hydrogens is 684 g/mol. The molecule has 4 aliphatic carbocycles. The van der Waals surface area contributed by atoms with Crippen LogP contribution in [0.2, 0.25) is 0 Å². The number of ether oxygens (including phenoxy) is 1. The summed E-state index contributed by atoms with van der Waals surface area (Å²) in [6.45, 7) is 8.33. The Kier molecular flexibility index (Phi) is 10.7. The summed E-state index contributed by atoms with van der Waals surface area (Å²) < 4.78 is 6.08. The molecule has 11 nitrogen and oxygen atoms in total. The van der Waals surface area contributed by atoms with Gasteiger partial charge in [0.25, 0.3) is 5.91 Å². The van der Waals surface area contributed by atoms with Gasteiger partial charge in [-0.3, -0.25) is 14.9 Å². The lowest BCUT2D eigenvalue weighted by Gasteiger charge is -2.57. The van der Waals surface area contributed by atoms with Crippen LogP contribution in [0.3, 0.4) is 0 Å². The van der Waals surface area contributed by atoms with Crippen LogP contribution in [0.25, 0.3) is 11.1 Å². The van der Waals surface area contributed by atoms with E-state index in [9.17, 15) is 25.2 Å². The fourth-order valence-corrected chi connectivity index (χ4v) is 9.55. The molecule has 1 saturated carbocycles. The quantitative estimate of drug-likeness (QED) is 0.118. The van der Waals surface area contributed by atoms with Gasteiger partial charge in [-0.15, -0.1) is 0 Å². The van der Waals surface area contributed by atoms with Crippen molar-refractivity contribution in [2.24, 2.45) is 23.2 Å². The number of hydrogen-bond donors (Lipinski definition) is 6. The molecule has 0 aromatic heterocycles. The average molecular weight is 741 g/mol. The number of carbonyl (C=O) groups excluding carboxylic acids is 1. The number of anilines is 1. The summed E-state index contributed by atoms with van der Waals surface area (Å²) in [5.74, 6) is 0.535. The first-order valence-corrected chi connectivity index (χ1v) is 19.2. The Hall–Kier alpha value is -3.81. The van der Waals surface area contributed by atoms with Crippen LogP contribution in [0.1, 0.15) is 67.3 Å². The molecule has 2 bridgehead atoms. The van der Waals surface area contributed by atoms with Gasteiger partial charge in [0.05, 0.1) is 44.6 Å². The van der Waals surface area contributed by atoms with Crippen LogP contribution >= 0.6 is 0 Å². The topological polar surface area (TPSA) is 147 Å². The number of benzene rings is 3. The highest BCUT2D eigenvalue weighted by Crippen LogP contribution is 2.58. The number of hydrogen-bond acceptors (Lipinski definition) is 10. The van der Waals surface area contributed by atoms with Crippen molar-refractivity contribution in [1.29, 1.82) is 0 Å². The minimum absolute atomic E-state index is 0.0352. The molecule has 10 atom stereocenters. The largest absolute Gasteiger partial charge is 0.496 e. The molecule has 1 aliphatic heterocycles. The van der Waals surface area contributed by atoms with Crippen molar-refractivity contribution in [1.82, 2.24) is 15.7 Å². The summed E-state index contributed by atoms with van der Waals surface area (Å²) in [7, 11) is 5.44. The Bertz CT molecular complexity index is 1890. The number of rotatable bonds is 12. The summed E-state index contributed by atoms with van der Waals surface area (Å²) in [4.78, 5) is 22.1. The number of nitrogens with one attached hydrogen (secondary N) is 2. The van der Waals surface area contributed by atoms with E-state index in [1.807, 2.05) is 79.7 Å². The van der Waals surface area contributed by atoms with Gasteiger partial charge in [-0.05, 0) is 71.9 Å². The third-order valence-corrected chi connectivity index (χ3v) is 12.8. The number of aliphatic hydroxyl groups is 4. The maximum absolute atomic E-state index is 13.8. The van der Waals surface area contributed by atoms with Crippen molar-refractivity contribution in [3.63, 3.8) is 0 Å². The third kappa shape index (κ3) is 6.85. The summed E-state index contributed by atoms with van der Waals surface area (Å²) in [6, 6.07) is 18.0. The van der Waals surface area contributed by atoms with E-state index in [2.05, 4.69) is 37.5 Å². The lowest BCUT2D eigenvalue weighted by molar-refractivity contribution is -0.192. The van der Waals surface area contributed by atoms with Crippen LogP contribution in [-0.4, -0.2) is 95.8 Å². The maximum atomic E-state index is 13.8. The molecule has 11 heteroatoms. The number of carbonyl (C=O) groups is 1. The van der Waals surface area contributed by atoms with Gasteiger partial charge in [0, 0.05) is 48.4 Å². The Morgan fingerprint density at radius 1 is 1.09 bits per heavy atom. The lowest BCUT2D eigenvalue weighted by atomic mass is 9.50. The molecule has 54 heavy (non-hydrogen) atoms. The predicted octanol–water partition coefficient (Wildman–Crippen LogP) is 4.19. The van der Waals surface area contributed by atoms with E-state index in [4.69, 9.17) is 9.57 Å². The van der Waals surface area contributed by atoms with Crippen molar-refractivity contribution in [3.05, 3.63) is 94.6 Å². The zero-order valence-electron chi connectivity index (χ0n) is 32.4. The molecule has 0 radical (unpaired) electrons. The van der Waals surface area contributed by atoms with Crippen LogP contribution in [0.4, 0.5) is 5.69 Å². The number of nitrogens with zero attached hydrogens (tertiary/aromatic N) is 2. The number of para-hydroxylation sites is 1. The second kappa shape index (κ2) is 15.0. The molecule has 5 aliphatic rings. The van der Waals surface area contributed by atoms with Crippen LogP contribution in [0.15, 0.2) is 72.3 Å². The van der Waals surface area contributed by atoms with E-state index >= 15 is 0 Å². The van der Waals surface area contributed by atoms with Gasteiger partial charge in [-0.25, -0.2) is 0 Å². The number of allylic oxidation sites excluding steroid dienone is 1.